The molecule has 3 heterocycles. The largest absolute Gasteiger partial charge is 0.508 e. The van der Waals surface area contributed by atoms with Crippen LogP contribution < -0.4 is 14.5 Å². The lowest BCUT2D eigenvalue weighted by Gasteiger charge is -2.26. The van der Waals surface area contributed by atoms with E-state index in [2.05, 4.69) is 14.6 Å². The molecule has 0 aliphatic carbocycles. The highest BCUT2D eigenvalue weighted by molar-refractivity contribution is 7.93. The first-order valence-corrected chi connectivity index (χ1v) is 12.2. The molecule has 0 spiro atoms. The van der Waals surface area contributed by atoms with Crippen LogP contribution in [0.5, 0.6) is 5.75 Å². The minimum absolute atomic E-state index is 0. The topological polar surface area (TPSA) is 103 Å². The number of anilines is 3. The maximum Gasteiger partial charge on any atom is 0.263 e. The van der Waals surface area contributed by atoms with Gasteiger partial charge in [0.2, 0.25) is 5.91 Å². The number of nitrogens with one attached hydrogen (secondary N) is 1. The summed E-state index contributed by atoms with van der Waals surface area (Å²) in [6.07, 6.45) is 2.91. The van der Waals surface area contributed by atoms with Crippen molar-refractivity contribution in [1.29, 1.82) is 0 Å². The highest BCUT2D eigenvalue weighted by Crippen LogP contribution is 2.38. The van der Waals surface area contributed by atoms with Gasteiger partial charge in [0.1, 0.15) is 11.8 Å². The molecule has 0 unspecified atom stereocenters. The number of hydrogen-bond donors (Lipinski definition) is 2. The lowest BCUT2D eigenvalue weighted by molar-refractivity contribution is -0.118. The Hall–Kier alpha value is -3.11. The van der Waals surface area contributed by atoms with Gasteiger partial charge >= 0.3 is 0 Å². The fourth-order valence-electron chi connectivity index (χ4n) is 4.23. The van der Waals surface area contributed by atoms with Gasteiger partial charge in [-0.25, -0.2) is 13.4 Å². The number of fused-ring (bicyclic) bond motifs is 1. The molecule has 1 aromatic heterocycles. The third-order valence-corrected chi connectivity index (χ3v) is 7.88. The monoisotopic (exact) mass is 460 g/mol. The maximum absolute atomic E-state index is 13.2. The van der Waals surface area contributed by atoms with E-state index in [1.807, 2.05) is 6.07 Å². The Morgan fingerprint density at radius 3 is 2.71 bits per heavy atom. The van der Waals surface area contributed by atoms with Crippen molar-refractivity contribution in [2.45, 2.75) is 23.8 Å². The van der Waals surface area contributed by atoms with Crippen LogP contribution in [0.15, 0.2) is 58.9 Å². The van der Waals surface area contributed by atoms with Crippen molar-refractivity contribution in [3.05, 3.63) is 59.6 Å². The maximum atomic E-state index is 13.2. The quantitative estimate of drug-likeness (QED) is 0.606. The van der Waals surface area contributed by atoms with E-state index in [9.17, 15) is 18.3 Å². The molecule has 1 atom stereocenters. The Kier molecular flexibility index (Phi) is 4.82. The van der Waals surface area contributed by atoms with Crippen LogP contribution in [-0.4, -0.2) is 43.5 Å². The average Bonchev–Trinajstić information content (AvgIpc) is 3.48. The molecule has 0 radical (unpaired) electrons. The van der Waals surface area contributed by atoms with E-state index in [4.69, 9.17) is 0 Å². The van der Waals surface area contributed by atoms with Crippen molar-refractivity contribution in [3.8, 4) is 5.75 Å². The van der Waals surface area contributed by atoms with Crippen molar-refractivity contribution in [2.24, 2.45) is 0 Å². The molecule has 5 rings (SSSR count). The van der Waals surface area contributed by atoms with Gasteiger partial charge in [-0.3, -0.25) is 9.52 Å². The number of hydrogen-bond acceptors (Lipinski definition) is 7. The number of carbonyl (C=O) groups excluding carboxylic acids is 1. The number of aromatic nitrogens is 1. The summed E-state index contributed by atoms with van der Waals surface area (Å²) in [7, 11) is -3.74. The zero-order valence-corrected chi connectivity index (χ0v) is 18.1. The van der Waals surface area contributed by atoms with Crippen LogP contribution in [0, 0.1) is 0 Å². The van der Waals surface area contributed by atoms with Crippen molar-refractivity contribution in [2.75, 3.05) is 27.6 Å². The zero-order valence-electron chi connectivity index (χ0n) is 16.4. The number of aromatic hydroxyl groups is 1. The minimum atomic E-state index is -3.74. The summed E-state index contributed by atoms with van der Waals surface area (Å²) >= 11 is 1.20. The lowest BCUT2D eigenvalue weighted by atomic mass is 10.1. The molecule has 164 valence electrons. The number of thiazole rings is 1. The Morgan fingerprint density at radius 1 is 1.16 bits per heavy atom. The van der Waals surface area contributed by atoms with Crippen LogP contribution in [0.3, 0.4) is 0 Å². The van der Waals surface area contributed by atoms with E-state index in [0.29, 0.717) is 36.8 Å². The molecular weight excluding hydrogens is 436 g/mol. The van der Waals surface area contributed by atoms with Gasteiger partial charge in [-0.05, 0) is 49.2 Å². The summed E-state index contributed by atoms with van der Waals surface area (Å²) in [5, 5.41) is 12.1. The first-order chi connectivity index (χ1) is 14.9. The van der Waals surface area contributed by atoms with Gasteiger partial charge in [0, 0.05) is 44.5 Å². The molecular formula is C21H24N4O4S2. The number of sulfonamides is 1. The molecule has 1 fully saturated rings. The number of phenols is 1. The molecule has 2 aliphatic rings. The van der Waals surface area contributed by atoms with Crippen molar-refractivity contribution >= 4 is 43.8 Å². The number of amides is 1. The van der Waals surface area contributed by atoms with Crippen LogP contribution in [0.1, 0.15) is 14.8 Å². The first kappa shape index (κ1) is 19.8. The third kappa shape index (κ3) is 3.51. The van der Waals surface area contributed by atoms with E-state index in [1.54, 1.807) is 34.5 Å². The Labute approximate surface area is 186 Å². The standard InChI is InChI=1S/C21H20N4O4S2.2H2/c26-19-3-1-2-17-16(19)8-11-25(17)18-9-12-24(20(18)27)14-4-6-15(7-5-14)31(28,29)23-21-22-10-13-30-21;;/h1-7,10,13,18,26H,8-9,11-12H2,(H,22,23);2*1H/t18-;;/m0../s1. The van der Waals surface area contributed by atoms with Crippen LogP contribution in [0.2, 0.25) is 0 Å². The van der Waals surface area contributed by atoms with E-state index in [1.165, 1.54) is 29.7 Å². The second-order valence-corrected chi connectivity index (χ2v) is 10.0. The van der Waals surface area contributed by atoms with Crippen LogP contribution in [-0.2, 0) is 21.2 Å². The van der Waals surface area contributed by atoms with Gasteiger partial charge in [-0.1, -0.05) is 6.07 Å². The third-order valence-electron chi connectivity index (χ3n) is 5.70. The summed E-state index contributed by atoms with van der Waals surface area (Å²) in [5.74, 6) is 0.248. The number of phenolic OH excluding ortho intramolecular Hbond substituents is 1. The molecule has 1 saturated heterocycles. The second-order valence-electron chi connectivity index (χ2n) is 7.45. The number of benzene rings is 2. The number of carbonyl (C=O) groups is 1. The van der Waals surface area contributed by atoms with Crippen LogP contribution in [0.25, 0.3) is 0 Å². The fraction of sp³-hybridized carbons (Fsp3) is 0.238. The van der Waals surface area contributed by atoms with Gasteiger partial charge in [-0.15, -0.1) is 11.3 Å². The fourth-order valence-corrected chi connectivity index (χ4v) is 6.02. The van der Waals surface area contributed by atoms with Gasteiger partial charge in [0.15, 0.2) is 5.13 Å². The normalized spacial score (nSPS) is 18.5. The minimum Gasteiger partial charge on any atom is -0.508 e. The highest BCUT2D eigenvalue weighted by Gasteiger charge is 2.39. The van der Waals surface area contributed by atoms with E-state index in [0.717, 1.165) is 11.3 Å². The average molecular weight is 461 g/mol. The Morgan fingerprint density at radius 2 is 1.97 bits per heavy atom. The van der Waals surface area contributed by atoms with Gasteiger partial charge in [0.25, 0.3) is 10.0 Å². The summed E-state index contributed by atoms with van der Waals surface area (Å²) in [6, 6.07) is 11.4. The van der Waals surface area contributed by atoms with Gasteiger partial charge in [0.05, 0.1) is 4.90 Å². The lowest BCUT2D eigenvalue weighted by Crippen LogP contribution is -2.41. The molecule has 2 aromatic carbocycles. The molecule has 2 aliphatic heterocycles. The summed E-state index contributed by atoms with van der Waals surface area (Å²) < 4.78 is 27.5. The van der Waals surface area contributed by atoms with Gasteiger partial charge in [-0.2, -0.15) is 0 Å². The Bertz CT molecular complexity index is 1240. The SMILES string of the molecule is O=C1[C@@H](N2CCc3c(O)cccc32)CCN1c1ccc(S(=O)(=O)Nc2nccs2)cc1.[HH].[HH]. The van der Waals surface area contributed by atoms with Gasteiger partial charge < -0.3 is 14.9 Å². The van der Waals surface area contributed by atoms with E-state index >= 15 is 0 Å². The summed E-state index contributed by atoms with van der Waals surface area (Å²) in [6.45, 7) is 1.24. The molecule has 0 bridgehead atoms. The molecule has 3 aromatic rings. The van der Waals surface area contributed by atoms with Crippen LogP contribution >= 0.6 is 11.3 Å². The predicted octanol–water partition coefficient (Wildman–Crippen LogP) is 3.31. The molecule has 1 amide bonds. The molecule has 0 saturated carbocycles. The van der Waals surface area contributed by atoms with Crippen LogP contribution in [0.4, 0.5) is 16.5 Å². The summed E-state index contributed by atoms with van der Waals surface area (Å²) in [4.78, 5) is 21.0. The molecule has 31 heavy (non-hydrogen) atoms. The number of nitrogens with zero attached hydrogens (tertiary/aromatic N) is 3. The first-order valence-electron chi connectivity index (χ1n) is 9.85. The molecule has 8 nitrogen and oxygen atoms in total. The summed E-state index contributed by atoms with van der Waals surface area (Å²) in [5.41, 5.74) is 2.46. The highest BCUT2D eigenvalue weighted by atomic mass is 32.2. The Balaban J connectivity index is 0.00000153. The predicted molar refractivity (Wildman–Crippen MR) is 124 cm³/mol. The molecule has 10 heteroatoms. The van der Waals surface area contributed by atoms with Crippen molar-refractivity contribution < 1.29 is 21.2 Å². The number of rotatable bonds is 5. The molecule has 2 N–H and O–H groups in total. The van der Waals surface area contributed by atoms with Crippen molar-refractivity contribution in [1.82, 2.24) is 4.98 Å². The second kappa shape index (κ2) is 7.54. The van der Waals surface area contributed by atoms with E-state index < -0.39 is 10.0 Å². The smallest absolute Gasteiger partial charge is 0.263 e. The van der Waals surface area contributed by atoms with E-state index in [-0.39, 0.29) is 25.4 Å². The van der Waals surface area contributed by atoms with Crippen molar-refractivity contribution in [3.63, 3.8) is 0 Å². The zero-order chi connectivity index (χ0) is 21.6.